The van der Waals surface area contributed by atoms with Crippen molar-refractivity contribution in [3.8, 4) is 11.5 Å². The van der Waals surface area contributed by atoms with Gasteiger partial charge < -0.3 is 19.3 Å². The standard InChI is InChI=1S/C28H36N2O4/c1-33-24-15-13-22(14-16-24)26-12-6-3-7-19-30(26)28(32)23-9-8-18-29(21-23)27(31)17-20-34-25-10-4-2-5-11-25/h2,4-5,10-11,13-16,23,26H,3,6-9,12,17-21H2,1H3. The van der Waals surface area contributed by atoms with Crippen molar-refractivity contribution < 1.29 is 19.1 Å². The maximum Gasteiger partial charge on any atom is 0.227 e. The van der Waals surface area contributed by atoms with E-state index in [1.807, 2.05) is 47.4 Å². The Bertz CT molecular complexity index is 931. The lowest BCUT2D eigenvalue weighted by atomic mass is 9.93. The van der Waals surface area contributed by atoms with Crippen LogP contribution >= 0.6 is 0 Å². The summed E-state index contributed by atoms with van der Waals surface area (Å²) in [6.45, 7) is 2.36. The average Bonchev–Trinajstić information content (AvgIpc) is 3.15. The van der Waals surface area contributed by atoms with E-state index in [4.69, 9.17) is 9.47 Å². The van der Waals surface area contributed by atoms with Crippen LogP contribution in [-0.2, 0) is 9.59 Å². The van der Waals surface area contributed by atoms with Crippen molar-refractivity contribution in [3.05, 3.63) is 60.2 Å². The first-order valence-electron chi connectivity index (χ1n) is 12.6. The molecule has 0 spiro atoms. The second kappa shape index (κ2) is 11.9. The Morgan fingerprint density at radius 1 is 0.882 bits per heavy atom. The minimum absolute atomic E-state index is 0.0657. The fourth-order valence-corrected chi connectivity index (χ4v) is 5.12. The molecule has 182 valence electrons. The van der Waals surface area contributed by atoms with Crippen LogP contribution in [0.25, 0.3) is 0 Å². The van der Waals surface area contributed by atoms with Crippen LogP contribution in [0.4, 0.5) is 0 Å². The van der Waals surface area contributed by atoms with Crippen molar-refractivity contribution in [2.45, 2.75) is 51.0 Å². The Hall–Kier alpha value is -3.02. The van der Waals surface area contributed by atoms with Crippen molar-refractivity contribution in [2.24, 2.45) is 5.92 Å². The van der Waals surface area contributed by atoms with Crippen LogP contribution in [0.3, 0.4) is 0 Å². The molecule has 4 rings (SSSR count). The molecule has 0 bridgehead atoms. The van der Waals surface area contributed by atoms with Gasteiger partial charge in [0.1, 0.15) is 11.5 Å². The highest BCUT2D eigenvalue weighted by molar-refractivity contribution is 5.82. The Labute approximate surface area is 202 Å². The first-order chi connectivity index (χ1) is 16.7. The predicted octanol–water partition coefficient (Wildman–Crippen LogP) is 4.85. The highest BCUT2D eigenvalue weighted by Gasteiger charge is 2.35. The number of carbonyl (C=O) groups is 2. The fourth-order valence-electron chi connectivity index (χ4n) is 5.12. The molecular weight excluding hydrogens is 428 g/mol. The minimum atomic E-state index is -0.133. The predicted molar refractivity (Wildman–Crippen MR) is 132 cm³/mol. The third-order valence-corrected chi connectivity index (χ3v) is 6.99. The van der Waals surface area contributed by atoms with Crippen LogP contribution in [0.1, 0.15) is 56.6 Å². The van der Waals surface area contributed by atoms with Gasteiger partial charge >= 0.3 is 0 Å². The minimum Gasteiger partial charge on any atom is -0.497 e. The Morgan fingerprint density at radius 3 is 2.44 bits per heavy atom. The molecule has 2 fully saturated rings. The zero-order chi connectivity index (χ0) is 23.8. The SMILES string of the molecule is COc1ccc(C2CCCCCN2C(=O)C2CCCN(C(=O)CCOc3ccccc3)C2)cc1. The van der Waals surface area contributed by atoms with Crippen molar-refractivity contribution in [1.82, 2.24) is 9.80 Å². The van der Waals surface area contributed by atoms with Gasteiger partial charge in [-0.05, 0) is 55.5 Å². The number of rotatable bonds is 7. The van der Waals surface area contributed by atoms with Gasteiger partial charge in [-0.15, -0.1) is 0 Å². The number of hydrogen-bond donors (Lipinski definition) is 0. The first-order valence-corrected chi connectivity index (χ1v) is 12.6. The van der Waals surface area contributed by atoms with Crippen LogP contribution in [0.5, 0.6) is 11.5 Å². The topological polar surface area (TPSA) is 59.1 Å². The van der Waals surface area contributed by atoms with Gasteiger partial charge in [0, 0.05) is 19.6 Å². The second-order valence-corrected chi connectivity index (χ2v) is 9.26. The van der Waals surface area contributed by atoms with Crippen molar-refractivity contribution in [1.29, 1.82) is 0 Å². The van der Waals surface area contributed by atoms with Gasteiger partial charge in [0.2, 0.25) is 11.8 Å². The van der Waals surface area contributed by atoms with Gasteiger partial charge in [0.25, 0.3) is 0 Å². The van der Waals surface area contributed by atoms with E-state index >= 15 is 0 Å². The maximum absolute atomic E-state index is 13.7. The molecule has 2 aliphatic rings. The fraction of sp³-hybridized carbons (Fsp3) is 0.500. The van der Waals surface area contributed by atoms with Crippen LogP contribution in [-0.4, -0.2) is 55.0 Å². The summed E-state index contributed by atoms with van der Waals surface area (Å²) in [4.78, 5) is 30.5. The molecule has 2 heterocycles. The summed E-state index contributed by atoms with van der Waals surface area (Å²) in [6, 6.07) is 17.7. The first kappa shape index (κ1) is 24.1. The molecule has 0 aliphatic carbocycles. The second-order valence-electron chi connectivity index (χ2n) is 9.26. The number of likely N-dealkylation sites (tertiary alicyclic amines) is 2. The van der Waals surface area contributed by atoms with E-state index in [1.54, 1.807) is 7.11 Å². The number of para-hydroxylation sites is 1. The molecule has 6 heteroatoms. The molecule has 0 radical (unpaired) electrons. The summed E-state index contributed by atoms with van der Waals surface area (Å²) >= 11 is 0. The highest BCUT2D eigenvalue weighted by Crippen LogP contribution is 2.33. The number of nitrogens with zero attached hydrogens (tertiary/aromatic N) is 2. The van der Waals surface area contributed by atoms with Crippen molar-refractivity contribution in [3.63, 3.8) is 0 Å². The molecule has 6 nitrogen and oxygen atoms in total. The maximum atomic E-state index is 13.7. The molecule has 2 unspecified atom stereocenters. The Balaban J connectivity index is 1.37. The zero-order valence-electron chi connectivity index (χ0n) is 20.2. The number of amides is 2. The molecule has 2 aromatic carbocycles. The summed E-state index contributed by atoms with van der Waals surface area (Å²) in [5.41, 5.74) is 1.16. The number of benzene rings is 2. The summed E-state index contributed by atoms with van der Waals surface area (Å²) in [5.74, 6) is 1.73. The van der Waals surface area contributed by atoms with Crippen LogP contribution in [0.15, 0.2) is 54.6 Å². The van der Waals surface area contributed by atoms with Crippen molar-refractivity contribution >= 4 is 11.8 Å². The van der Waals surface area contributed by atoms with Crippen LogP contribution in [0, 0.1) is 5.92 Å². The van der Waals surface area contributed by atoms with Gasteiger partial charge in [0.15, 0.2) is 0 Å². The summed E-state index contributed by atoms with van der Waals surface area (Å²) in [5, 5.41) is 0. The zero-order valence-corrected chi connectivity index (χ0v) is 20.2. The lowest BCUT2D eigenvalue weighted by Gasteiger charge is -2.38. The summed E-state index contributed by atoms with van der Waals surface area (Å²) < 4.78 is 11.0. The van der Waals surface area contributed by atoms with E-state index in [0.29, 0.717) is 19.6 Å². The summed E-state index contributed by atoms with van der Waals surface area (Å²) in [6.07, 6.45) is 6.31. The Morgan fingerprint density at radius 2 is 1.68 bits per heavy atom. The van der Waals surface area contributed by atoms with E-state index in [9.17, 15) is 9.59 Å². The molecule has 2 atom stereocenters. The number of ether oxygens (including phenoxy) is 2. The molecule has 2 aromatic rings. The number of piperidine rings is 1. The van der Waals surface area contributed by atoms with Crippen LogP contribution in [0.2, 0.25) is 0 Å². The van der Waals surface area contributed by atoms with Crippen LogP contribution < -0.4 is 9.47 Å². The van der Waals surface area contributed by atoms with E-state index in [1.165, 1.54) is 0 Å². The number of hydrogen-bond acceptors (Lipinski definition) is 4. The van der Waals surface area contributed by atoms with Gasteiger partial charge in [-0.2, -0.15) is 0 Å². The third-order valence-electron chi connectivity index (χ3n) is 6.99. The van der Waals surface area contributed by atoms with Gasteiger partial charge in [-0.1, -0.05) is 43.2 Å². The number of carbonyl (C=O) groups excluding carboxylic acids is 2. The normalized spacial score (nSPS) is 21.0. The molecule has 0 N–H and O–H groups in total. The number of methoxy groups -OCH3 is 1. The molecule has 2 aliphatic heterocycles. The van der Waals surface area contributed by atoms with Crippen molar-refractivity contribution in [2.75, 3.05) is 33.4 Å². The average molecular weight is 465 g/mol. The molecule has 0 saturated carbocycles. The van der Waals surface area contributed by atoms with Gasteiger partial charge in [-0.3, -0.25) is 9.59 Å². The molecular formula is C28H36N2O4. The molecule has 0 aromatic heterocycles. The molecule has 2 amide bonds. The third kappa shape index (κ3) is 6.10. The van der Waals surface area contributed by atoms with E-state index in [-0.39, 0.29) is 23.8 Å². The van der Waals surface area contributed by atoms with Gasteiger partial charge in [0.05, 0.1) is 32.1 Å². The van der Waals surface area contributed by atoms with E-state index in [2.05, 4.69) is 17.0 Å². The largest absolute Gasteiger partial charge is 0.497 e. The van der Waals surface area contributed by atoms with Gasteiger partial charge in [-0.25, -0.2) is 0 Å². The Kier molecular flexibility index (Phi) is 8.45. The summed E-state index contributed by atoms with van der Waals surface area (Å²) in [7, 11) is 1.67. The monoisotopic (exact) mass is 464 g/mol. The molecule has 34 heavy (non-hydrogen) atoms. The quantitative estimate of drug-likeness (QED) is 0.588. The lowest BCUT2D eigenvalue weighted by molar-refractivity contribution is -0.143. The van der Waals surface area contributed by atoms with E-state index < -0.39 is 0 Å². The van der Waals surface area contributed by atoms with E-state index in [0.717, 1.165) is 68.7 Å². The lowest BCUT2D eigenvalue weighted by Crippen LogP contribution is -2.47. The smallest absolute Gasteiger partial charge is 0.227 e. The highest BCUT2D eigenvalue weighted by atomic mass is 16.5. The molecule has 2 saturated heterocycles.